The van der Waals surface area contributed by atoms with Crippen LogP contribution >= 0.6 is 0 Å². The molecule has 0 radical (unpaired) electrons. The van der Waals surface area contributed by atoms with Crippen LogP contribution in [0.2, 0.25) is 0 Å². The largest absolute Gasteiger partial charge is 0.481 e. The molecule has 0 aliphatic carbocycles. The highest BCUT2D eigenvalue weighted by atomic mass is 16.5. The molecular formula is C13H18N2O4. The van der Waals surface area contributed by atoms with Crippen molar-refractivity contribution in [1.82, 2.24) is 10.6 Å². The van der Waals surface area contributed by atoms with E-state index in [1.54, 1.807) is 7.11 Å². The Hall–Kier alpha value is -2.08. The maximum atomic E-state index is 11.4. The number of methoxy groups -OCH3 is 1. The smallest absolute Gasteiger partial charge is 0.315 e. The molecule has 0 unspecified atom stereocenters. The van der Waals surface area contributed by atoms with E-state index in [4.69, 9.17) is 9.84 Å². The molecule has 1 aromatic carbocycles. The molecule has 19 heavy (non-hydrogen) atoms. The molecule has 104 valence electrons. The number of ether oxygens (including phenoxy) is 1. The highest BCUT2D eigenvalue weighted by Gasteiger charge is 2.04. The summed E-state index contributed by atoms with van der Waals surface area (Å²) in [6.45, 7) is 0.970. The summed E-state index contributed by atoms with van der Waals surface area (Å²) in [6, 6.07) is 7.26. The van der Waals surface area contributed by atoms with Crippen LogP contribution in [0.5, 0.6) is 0 Å². The van der Waals surface area contributed by atoms with Crippen molar-refractivity contribution < 1.29 is 19.4 Å². The van der Waals surface area contributed by atoms with E-state index in [-0.39, 0.29) is 19.0 Å². The van der Waals surface area contributed by atoms with Gasteiger partial charge in [-0.3, -0.25) is 4.79 Å². The van der Waals surface area contributed by atoms with Crippen LogP contribution in [0.25, 0.3) is 0 Å². The fraction of sp³-hybridized carbons (Fsp3) is 0.385. The van der Waals surface area contributed by atoms with Gasteiger partial charge in [-0.15, -0.1) is 0 Å². The second-order valence-electron chi connectivity index (χ2n) is 3.95. The molecule has 0 spiro atoms. The summed E-state index contributed by atoms with van der Waals surface area (Å²) in [5, 5.41) is 13.6. The molecule has 0 fully saturated rings. The summed E-state index contributed by atoms with van der Waals surface area (Å²) in [7, 11) is 1.61. The number of urea groups is 1. The van der Waals surface area contributed by atoms with E-state index in [9.17, 15) is 9.59 Å². The van der Waals surface area contributed by atoms with Gasteiger partial charge in [-0.2, -0.15) is 0 Å². The Bertz CT molecular complexity index is 434. The molecule has 0 atom stereocenters. The Balaban J connectivity index is 2.39. The molecule has 1 aromatic rings. The van der Waals surface area contributed by atoms with Crippen molar-refractivity contribution in [2.75, 3.05) is 13.7 Å². The minimum absolute atomic E-state index is 0.0896. The third-order valence-electron chi connectivity index (χ3n) is 2.48. The van der Waals surface area contributed by atoms with Crippen molar-refractivity contribution >= 4 is 12.0 Å². The maximum Gasteiger partial charge on any atom is 0.315 e. The Morgan fingerprint density at radius 3 is 2.53 bits per heavy atom. The van der Waals surface area contributed by atoms with Crippen molar-refractivity contribution in [2.24, 2.45) is 0 Å². The van der Waals surface area contributed by atoms with Gasteiger partial charge in [-0.05, 0) is 11.1 Å². The van der Waals surface area contributed by atoms with Crippen molar-refractivity contribution in [3.63, 3.8) is 0 Å². The number of carbonyl (C=O) groups is 2. The van der Waals surface area contributed by atoms with Gasteiger partial charge in [0, 0.05) is 20.2 Å². The van der Waals surface area contributed by atoms with Gasteiger partial charge >= 0.3 is 12.0 Å². The lowest BCUT2D eigenvalue weighted by atomic mass is 10.1. The van der Waals surface area contributed by atoms with Crippen LogP contribution < -0.4 is 10.6 Å². The van der Waals surface area contributed by atoms with Gasteiger partial charge in [0.15, 0.2) is 0 Å². The first-order valence-electron chi connectivity index (χ1n) is 5.92. The maximum absolute atomic E-state index is 11.4. The number of carbonyl (C=O) groups excluding carboxylic acids is 1. The highest BCUT2D eigenvalue weighted by molar-refractivity contribution is 5.75. The van der Waals surface area contributed by atoms with Crippen LogP contribution in [-0.4, -0.2) is 30.8 Å². The Morgan fingerprint density at radius 1 is 1.21 bits per heavy atom. The lowest BCUT2D eigenvalue weighted by molar-refractivity contribution is -0.136. The Morgan fingerprint density at radius 2 is 1.89 bits per heavy atom. The number of nitrogens with one attached hydrogen (secondary N) is 2. The minimum Gasteiger partial charge on any atom is -0.481 e. The fourth-order valence-electron chi connectivity index (χ4n) is 1.55. The molecule has 6 nitrogen and oxygen atoms in total. The zero-order chi connectivity index (χ0) is 14.1. The van der Waals surface area contributed by atoms with Crippen LogP contribution in [0, 0.1) is 0 Å². The minimum atomic E-state index is -0.939. The summed E-state index contributed by atoms with van der Waals surface area (Å²) >= 11 is 0. The van der Waals surface area contributed by atoms with Crippen LogP contribution in [-0.2, 0) is 22.7 Å². The first-order valence-corrected chi connectivity index (χ1v) is 5.92. The summed E-state index contributed by atoms with van der Waals surface area (Å²) in [5.74, 6) is -0.939. The SMILES string of the molecule is COCc1ccccc1CNC(=O)NCCC(=O)O. The second kappa shape index (κ2) is 8.10. The quantitative estimate of drug-likeness (QED) is 0.689. The van der Waals surface area contributed by atoms with Gasteiger partial charge in [0.25, 0.3) is 0 Å². The summed E-state index contributed by atoms with van der Waals surface area (Å²) in [6.07, 6.45) is -0.0896. The molecule has 0 heterocycles. The summed E-state index contributed by atoms with van der Waals surface area (Å²) in [5.41, 5.74) is 1.98. The number of benzene rings is 1. The molecule has 2 amide bonds. The van der Waals surface area contributed by atoms with E-state index in [0.29, 0.717) is 13.2 Å². The normalized spacial score (nSPS) is 9.95. The predicted molar refractivity (Wildman–Crippen MR) is 69.6 cm³/mol. The highest BCUT2D eigenvalue weighted by Crippen LogP contribution is 2.09. The average Bonchev–Trinajstić information content (AvgIpc) is 2.37. The molecule has 0 bridgehead atoms. The molecule has 1 rings (SSSR count). The first-order chi connectivity index (χ1) is 9.13. The summed E-state index contributed by atoms with van der Waals surface area (Å²) < 4.78 is 5.07. The van der Waals surface area contributed by atoms with Crippen LogP contribution in [0.15, 0.2) is 24.3 Å². The number of carboxylic acids is 1. The van der Waals surface area contributed by atoms with Gasteiger partial charge in [0.2, 0.25) is 0 Å². The monoisotopic (exact) mass is 266 g/mol. The lowest BCUT2D eigenvalue weighted by Gasteiger charge is -2.10. The van der Waals surface area contributed by atoms with Crippen molar-refractivity contribution in [2.45, 2.75) is 19.6 Å². The van der Waals surface area contributed by atoms with Gasteiger partial charge in [0.05, 0.1) is 13.0 Å². The third-order valence-corrected chi connectivity index (χ3v) is 2.48. The molecule has 0 aliphatic rings. The third kappa shape index (κ3) is 5.87. The topological polar surface area (TPSA) is 87.7 Å². The Kier molecular flexibility index (Phi) is 6.38. The van der Waals surface area contributed by atoms with E-state index in [0.717, 1.165) is 11.1 Å². The fourth-order valence-corrected chi connectivity index (χ4v) is 1.55. The summed E-state index contributed by atoms with van der Waals surface area (Å²) in [4.78, 5) is 21.7. The van der Waals surface area contributed by atoms with Gasteiger partial charge in [-0.1, -0.05) is 24.3 Å². The van der Waals surface area contributed by atoms with Crippen LogP contribution in [0.1, 0.15) is 17.5 Å². The van der Waals surface area contributed by atoms with Gasteiger partial charge in [-0.25, -0.2) is 4.79 Å². The zero-order valence-corrected chi connectivity index (χ0v) is 10.8. The van der Waals surface area contributed by atoms with E-state index in [1.165, 1.54) is 0 Å². The molecule has 0 aliphatic heterocycles. The number of carboxylic acid groups (broad SMARTS) is 1. The zero-order valence-electron chi connectivity index (χ0n) is 10.8. The molecule has 6 heteroatoms. The van der Waals surface area contributed by atoms with Crippen molar-refractivity contribution in [3.05, 3.63) is 35.4 Å². The Labute approximate surface area is 111 Å². The number of amides is 2. The lowest BCUT2D eigenvalue weighted by Crippen LogP contribution is -2.36. The number of rotatable bonds is 7. The van der Waals surface area contributed by atoms with Crippen molar-refractivity contribution in [3.8, 4) is 0 Å². The van der Waals surface area contributed by atoms with E-state index in [2.05, 4.69) is 10.6 Å². The second-order valence-corrected chi connectivity index (χ2v) is 3.95. The predicted octanol–water partition coefficient (Wildman–Crippen LogP) is 1.11. The number of hydrogen-bond donors (Lipinski definition) is 3. The molecule has 3 N–H and O–H groups in total. The van der Waals surface area contributed by atoms with Crippen LogP contribution in [0.4, 0.5) is 4.79 Å². The van der Waals surface area contributed by atoms with Gasteiger partial charge < -0.3 is 20.5 Å². The van der Waals surface area contributed by atoms with E-state index in [1.807, 2.05) is 24.3 Å². The van der Waals surface area contributed by atoms with Gasteiger partial charge in [0.1, 0.15) is 0 Å². The first kappa shape index (κ1) is 15.0. The average molecular weight is 266 g/mol. The van der Waals surface area contributed by atoms with Crippen LogP contribution in [0.3, 0.4) is 0 Å². The standard InChI is InChI=1S/C13H18N2O4/c1-19-9-11-5-3-2-4-10(11)8-15-13(18)14-7-6-12(16)17/h2-5H,6-9H2,1H3,(H,16,17)(H2,14,15,18). The number of aliphatic carboxylic acids is 1. The van der Waals surface area contributed by atoms with E-state index >= 15 is 0 Å². The molecular weight excluding hydrogens is 248 g/mol. The number of hydrogen-bond acceptors (Lipinski definition) is 3. The van der Waals surface area contributed by atoms with E-state index < -0.39 is 5.97 Å². The molecule has 0 saturated carbocycles. The molecule has 0 aromatic heterocycles. The van der Waals surface area contributed by atoms with Crippen molar-refractivity contribution in [1.29, 1.82) is 0 Å². The molecule has 0 saturated heterocycles.